The van der Waals surface area contributed by atoms with Crippen LogP contribution in [0.25, 0.3) is 0 Å². The minimum Gasteiger partial charge on any atom is -0.398 e. The summed E-state index contributed by atoms with van der Waals surface area (Å²) in [5, 5.41) is 3.48. The van der Waals surface area contributed by atoms with E-state index in [4.69, 9.17) is 17.3 Å². The highest BCUT2D eigenvalue weighted by molar-refractivity contribution is 7.93. The van der Waals surface area contributed by atoms with Crippen LogP contribution in [0.4, 0.5) is 11.5 Å². The molecular weight excluding hydrogens is 266 g/mol. The molecule has 0 aliphatic carbocycles. The normalized spacial score (nSPS) is 11.4. The minimum absolute atomic E-state index is 0.0426. The van der Waals surface area contributed by atoms with Gasteiger partial charge in [0.25, 0.3) is 10.0 Å². The van der Waals surface area contributed by atoms with Crippen molar-refractivity contribution in [3.8, 4) is 0 Å². The molecule has 0 radical (unpaired) electrons. The van der Waals surface area contributed by atoms with Gasteiger partial charge in [-0.1, -0.05) is 22.8 Å². The third-order valence-corrected chi connectivity index (χ3v) is 3.84. The first-order valence-electron chi connectivity index (χ1n) is 4.48. The molecule has 1 aromatic heterocycles. The lowest BCUT2D eigenvalue weighted by Crippen LogP contribution is -2.15. The Hall–Kier alpha value is -1.73. The highest BCUT2D eigenvalue weighted by Crippen LogP contribution is 2.28. The van der Waals surface area contributed by atoms with Crippen molar-refractivity contribution in [1.82, 2.24) is 5.16 Å². The van der Waals surface area contributed by atoms with E-state index in [9.17, 15) is 8.42 Å². The summed E-state index contributed by atoms with van der Waals surface area (Å²) in [6, 6.07) is 5.82. The van der Waals surface area contributed by atoms with Gasteiger partial charge in [-0.3, -0.25) is 4.72 Å². The third-order valence-electron chi connectivity index (χ3n) is 1.94. The first-order chi connectivity index (χ1) is 8.00. The highest BCUT2D eigenvalue weighted by atomic mass is 35.5. The van der Waals surface area contributed by atoms with E-state index in [0.717, 1.165) is 0 Å². The Balaban J connectivity index is 2.45. The van der Waals surface area contributed by atoms with E-state index in [0.29, 0.717) is 0 Å². The number of benzene rings is 1. The van der Waals surface area contributed by atoms with Gasteiger partial charge in [-0.25, -0.2) is 8.42 Å². The van der Waals surface area contributed by atoms with Crippen molar-refractivity contribution in [3.63, 3.8) is 0 Å². The number of hydrogen-bond acceptors (Lipinski definition) is 5. The van der Waals surface area contributed by atoms with Gasteiger partial charge in [0.2, 0.25) is 0 Å². The van der Waals surface area contributed by atoms with Crippen LogP contribution in [0.3, 0.4) is 0 Å². The monoisotopic (exact) mass is 273 g/mol. The Kier molecular flexibility index (Phi) is 2.95. The summed E-state index contributed by atoms with van der Waals surface area (Å²) in [7, 11) is -3.87. The average molecular weight is 274 g/mol. The minimum atomic E-state index is -3.87. The molecule has 1 aromatic carbocycles. The number of sulfonamides is 1. The molecule has 90 valence electrons. The van der Waals surface area contributed by atoms with E-state index in [1.165, 1.54) is 24.5 Å². The van der Waals surface area contributed by atoms with E-state index >= 15 is 0 Å². The zero-order chi connectivity index (χ0) is 12.5. The van der Waals surface area contributed by atoms with Gasteiger partial charge in [-0.15, -0.1) is 0 Å². The number of hydrogen-bond donors (Lipinski definition) is 2. The molecular formula is C9H8ClN3O3S. The number of halogens is 1. The van der Waals surface area contributed by atoms with E-state index in [1.54, 1.807) is 6.07 Å². The second kappa shape index (κ2) is 4.27. The van der Waals surface area contributed by atoms with Gasteiger partial charge >= 0.3 is 0 Å². The fraction of sp³-hybridized carbons (Fsp3) is 0. The van der Waals surface area contributed by atoms with Crippen LogP contribution < -0.4 is 10.5 Å². The Bertz CT molecular complexity index is 605. The molecule has 6 nitrogen and oxygen atoms in total. The molecule has 0 bridgehead atoms. The molecule has 0 fully saturated rings. The molecule has 0 aliphatic rings. The van der Waals surface area contributed by atoms with E-state index in [2.05, 4.69) is 14.4 Å². The van der Waals surface area contributed by atoms with Crippen molar-refractivity contribution < 1.29 is 12.9 Å². The van der Waals surface area contributed by atoms with Crippen LogP contribution >= 0.6 is 11.6 Å². The van der Waals surface area contributed by atoms with Crippen LogP contribution in [0.15, 0.2) is 39.9 Å². The molecule has 0 saturated heterocycles. The molecule has 17 heavy (non-hydrogen) atoms. The number of nitrogens with one attached hydrogen (secondary N) is 1. The Morgan fingerprint density at radius 3 is 2.71 bits per heavy atom. The number of anilines is 2. The van der Waals surface area contributed by atoms with Gasteiger partial charge in [0.1, 0.15) is 11.2 Å². The number of nitrogens with zero attached hydrogens (tertiary/aromatic N) is 1. The molecule has 3 N–H and O–H groups in total. The molecule has 1 heterocycles. The molecule has 0 unspecified atom stereocenters. The van der Waals surface area contributed by atoms with Gasteiger partial charge in [0.05, 0.1) is 10.7 Å². The van der Waals surface area contributed by atoms with E-state index in [-0.39, 0.29) is 21.4 Å². The van der Waals surface area contributed by atoms with Crippen LogP contribution in [0, 0.1) is 0 Å². The SMILES string of the molecule is Nc1cccc(Cl)c1S(=O)(=O)Nc1ccon1. The second-order valence-corrected chi connectivity index (χ2v) is 5.17. The van der Waals surface area contributed by atoms with Crippen molar-refractivity contribution in [2.45, 2.75) is 4.90 Å². The summed E-state index contributed by atoms with van der Waals surface area (Å²) in [5.74, 6) is 0.0596. The first-order valence-corrected chi connectivity index (χ1v) is 6.34. The van der Waals surface area contributed by atoms with Crippen LogP contribution in [0.1, 0.15) is 0 Å². The number of nitrogens with two attached hydrogens (primary N) is 1. The van der Waals surface area contributed by atoms with Crippen LogP contribution in [-0.4, -0.2) is 13.6 Å². The van der Waals surface area contributed by atoms with Crippen LogP contribution in [0.5, 0.6) is 0 Å². The summed E-state index contributed by atoms with van der Waals surface area (Å²) >= 11 is 5.81. The van der Waals surface area contributed by atoms with Crippen molar-refractivity contribution in [2.24, 2.45) is 0 Å². The van der Waals surface area contributed by atoms with Crippen LogP contribution in [0.2, 0.25) is 5.02 Å². The number of nitrogen functional groups attached to an aromatic ring is 1. The maximum absolute atomic E-state index is 12.0. The third kappa shape index (κ3) is 2.34. The Labute approximate surface area is 102 Å². The maximum Gasteiger partial charge on any atom is 0.266 e. The molecule has 0 saturated carbocycles. The molecule has 0 aliphatic heterocycles. The summed E-state index contributed by atoms with van der Waals surface area (Å²) in [6.45, 7) is 0. The zero-order valence-corrected chi connectivity index (χ0v) is 9.99. The van der Waals surface area contributed by atoms with Gasteiger partial charge < -0.3 is 10.3 Å². The number of aromatic nitrogens is 1. The van der Waals surface area contributed by atoms with Crippen molar-refractivity contribution in [2.75, 3.05) is 10.5 Å². The molecule has 2 aromatic rings. The largest absolute Gasteiger partial charge is 0.398 e. The van der Waals surface area contributed by atoms with Gasteiger partial charge in [0, 0.05) is 6.07 Å². The molecule has 0 amide bonds. The summed E-state index contributed by atoms with van der Waals surface area (Å²) in [5.41, 5.74) is 5.65. The summed E-state index contributed by atoms with van der Waals surface area (Å²) in [4.78, 5) is -0.176. The average Bonchev–Trinajstić information content (AvgIpc) is 2.68. The number of rotatable bonds is 3. The zero-order valence-electron chi connectivity index (χ0n) is 8.42. The van der Waals surface area contributed by atoms with Gasteiger partial charge in [-0.05, 0) is 12.1 Å². The molecule has 2 rings (SSSR count). The Morgan fingerprint density at radius 1 is 1.35 bits per heavy atom. The lowest BCUT2D eigenvalue weighted by atomic mass is 10.3. The van der Waals surface area contributed by atoms with E-state index < -0.39 is 10.0 Å². The summed E-state index contributed by atoms with van der Waals surface area (Å²) < 4.78 is 30.7. The maximum atomic E-state index is 12.0. The van der Waals surface area contributed by atoms with Gasteiger partial charge in [-0.2, -0.15) is 0 Å². The van der Waals surface area contributed by atoms with E-state index in [1.807, 2.05) is 0 Å². The van der Waals surface area contributed by atoms with Crippen molar-refractivity contribution in [3.05, 3.63) is 35.6 Å². The molecule has 0 spiro atoms. The lowest BCUT2D eigenvalue weighted by molar-refractivity contribution is 0.423. The van der Waals surface area contributed by atoms with Gasteiger partial charge in [0.15, 0.2) is 5.82 Å². The standard InChI is InChI=1S/C9H8ClN3O3S/c10-6-2-1-3-7(11)9(6)17(14,15)13-8-4-5-16-12-8/h1-5H,11H2,(H,12,13). The first kappa shape index (κ1) is 11.7. The molecule has 0 atom stereocenters. The predicted molar refractivity (Wildman–Crippen MR) is 63.2 cm³/mol. The smallest absolute Gasteiger partial charge is 0.266 e. The van der Waals surface area contributed by atoms with Crippen LogP contribution in [-0.2, 0) is 10.0 Å². The topological polar surface area (TPSA) is 98.2 Å². The predicted octanol–water partition coefficient (Wildman–Crippen LogP) is 1.71. The fourth-order valence-corrected chi connectivity index (χ4v) is 2.94. The van der Waals surface area contributed by atoms with Crippen molar-refractivity contribution >= 4 is 33.1 Å². The highest BCUT2D eigenvalue weighted by Gasteiger charge is 2.21. The molecule has 8 heteroatoms. The van der Waals surface area contributed by atoms with Crippen molar-refractivity contribution in [1.29, 1.82) is 0 Å². The Morgan fingerprint density at radius 2 is 2.12 bits per heavy atom. The lowest BCUT2D eigenvalue weighted by Gasteiger charge is -2.09. The quantitative estimate of drug-likeness (QED) is 0.830. The fourth-order valence-electron chi connectivity index (χ4n) is 1.26. The summed E-state index contributed by atoms with van der Waals surface area (Å²) in [6.07, 6.45) is 1.24. The second-order valence-electron chi connectivity index (χ2n) is 3.15.